The molecule has 0 bridgehead atoms. The van der Waals surface area contributed by atoms with Crippen LogP contribution in [0.3, 0.4) is 0 Å². The standard InChI is InChI=1S/C15H32/c1-7-9-11-13-15(5,6)14(3,4)12-10-8-2/h7-13H2,1-6H3. The van der Waals surface area contributed by atoms with Crippen molar-refractivity contribution in [3.05, 3.63) is 0 Å². The van der Waals surface area contributed by atoms with Crippen LogP contribution in [0.25, 0.3) is 0 Å². The molecule has 0 fully saturated rings. The fourth-order valence-electron chi connectivity index (χ4n) is 2.11. The molecule has 0 unspecified atom stereocenters. The molecule has 0 aromatic heterocycles. The lowest BCUT2D eigenvalue weighted by molar-refractivity contribution is 0.0822. The van der Waals surface area contributed by atoms with E-state index in [9.17, 15) is 0 Å². The fourth-order valence-corrected chi connectivity index (χ4v) is 2.11. The number of hydrogen-bond donors (Lipinski definition) is 0. The van der Waals surface area contributed by atoms with E-state index in [0.717, 1.165) is 0 Å². The van der Waals surface area contributed by atoms with Crippen LogP contribution >= 0.6 is 0 Å². The zero-order valence-corrected chi connectivity index (χ0v) is 11.9. The Labute approximate surface area is 97.8 Å². The molecule has 0 saturated carbocycles. The van der Waals surface area contributed by atoms with Crippen LogP contribution < -0.4 is 0 Å². The van der Waals surface area contributed by atoms with Gasteiger partial charge in [-0.3, -0.25) is 0 Å². The van der Waals surface area contributed by atoms with E-state index in [1.165, 1.54) is 44.9 Å². The zero-order valence-electron chi connectivity index (χ0n) is 11.9. The van der Waals surface area contributed by atoms with Gasteiger partial charge >= 0.3 is 0 Å². The molecular weight excluding hydrogens is 180 g/mol. The van der Waals surface area contributed by atoms with Gasteiger partial charge in [0.25, 0.3) is 0 Å². The third-order valence-corrected chi connectivity index (χ3v) is 4.39. The first kappa shape index (κ1) is 15.0. The molecule has 0 aliphatic heterocycles. The summed E-state index contributed by atoms with van der Waals surface area (Å²) in [6.07, 6.45) is 9.61. The van der Waals surface area contributed by atoms with Crippen molar-refractivity contribution in [3.8, 4) is 0 Å². The third kappa shape index (κ3) is 5.04. The smallest absolute Gasteiger partial charge is 0.0303 e. The topological polar surface area (TPSA) is 0 Å². The van der Waals surface area contributed by atoms with Crippen LogP contribution in [0.5, 0.6) is 0 Å². The maximum absolute atomic E-state index is 2.46. The average molecular weight is 212 g/mol. The second-order valence-electron chi connectivity index (χ2n) is 6.33. The maximum atomic E-state index is 2.46. The van der Waals surface area contributed by atoms with E-state index in [0.29, 0.717) is 10.8 Å². The third-order valence-electron chi connectivity index (χ3n) is 4.39. The van der Waals surface area contributed by atoms with Gasteiger partial charge in [-0.05, 0) is 23.7 Å². The summed E-state index contributed by atoms with van der Waals surface area (Å²) in [4.78, 5) is 0. The van der Waals surface area contributed by atoms with Crippen LogP contribution in [-0.2, 0) is 0 Å². The Hall–Kier alpha value is 0. The van der Waals surface area contributed by atoms with Crippen molar-refractivity contribution in [2.45, 2.75) is 86.5 Å². The highest BCUT2D eigenvalue weighted by Crippen LogP contribution is 2.45. The minimum absolute atomic E-state index is 0.497. The molecule has 0 aliphatic carbocycles. The van der Waals surface area contributed by atoms with E-state index < -0.39 is 0 Å². The van der Waals surface area contributed by atoms with Gasteiger partial charge < -0.3 is 0 Å². The van der Waals surface area contributed by atoms with Crippen molar-refractivity contribution in [3.63, 3.8) is 0 Å². The van der Waals surface area contributed by atoms with E-state index >= 15 is 0 Å². The van der Waals surface area contributed by atoms with Crippen LogP contribution in [0.2, 0.25) is 0 Å². The van der Waals surface area contributed by atoms with Gasteiger partial charge in [0.1, 0.15) is 0 Å². The minimum atomic E-state index is 0.497. The fraction of sp³-hybridized carbons (Fsp3) is 1.00. The van der Waals surface area contributed by atoms with Crippen LogP contribution in [0.15, 0.2) is 0 Å². The summed E-state index contributed by atoms with van der Waals surface area (Å²) in [5.41, 5.74) is 0.994. The molecule has 0 atom stereocenters. The molecule has 0 nitrogen and oxygen atoms in total. The van der Waals surface area contributed by atoms with Gasteiger partial charge in [-0.2, -0.15) is 0 Å². The van der Waals surface area contributed by atoms with Crippen molar-refractivity contribution in [1.29, 1.82) is 0 Å². The van der Waals surface area contributed by atoms with Gasteiger partial charge in [-0.1, -0.05) is 73.6 Å². The lowest BCUT2D eigenvalue weighted by atomic mass is 9.63. The Balaban J connectivity index is 4.14. The molecule has 0 aromatic rings. The summed E-state index contributed by atoms with van der Waals surface area (Å²) in [6.45, 7) is 14.4. The number of unbranched alkanes of at least 4 members (excludes halogenated alkanes) is 3. The minimum Gasteiger partial charge on any atom is -0.0654 e. The molecular formula is C15H32. The Morgan fingerprint density at radius 1 is 0.600 bits per heavy atom. The first-order chi connectivity index (χ1) is 6.87. The van der Waals surface area contributed by atoms with Crippen LogP contribution in [0.4, 0.5) is 0 Å². The molecule has 0 rings (SSSR count). The molecule has 0 heteroatoms. The quantitative estimate of drug-likeness (QED) is 0.445. The first-order valence-corrected chi connectivity index (χ1v) is 6.87. The Bertz CT molecular complexity index is 153. The monoisotopic (exact) mass is 212 g/mol. The van der Waals surface area contributed by atoms with Crippen molar-refractivity contribution in [2.75, 3.05) is 0 Å². The van der Waals surface area contributed by atoms with Gasteiger partial charge in [0.2, 0.25) is 0 Å². The van der Waals surface area contributed by atoms with E-state index in [-0.39, 0.29) is 0 Å². The normalized spacial score (nSPS) is 13.2. The SMILES string of the molecule is CCCCCC(C)(C)C(C)(C)CCCC. The lowest BCUT2D eigenvalue weighted by Crippen LogP contribution is -2.32. The van der Waals surface area contributed by atoms with E-state index in [1.54, 1.807) is 0 Å². The van der Waals surface area contributed by atoms with E-state index in [1.807, 2.05) is 0 Å². The van der Waals surface area contributed by atoms with E-state index in [2.05, 4.69) is 41.5 Å². The highest BCUT2D eigenvalue weighted by molar-refractivity contribution is 4.85. The van der Waals surface area contributed by atoms with Gasteiger partial charge in [0, 0.05) is 0 Å². The Morgan fingerprint density at radius 2 is 1.00 bits per heavy atom. The lowest BCUT2D eigenvalue weighted by Gasteiger charge is -2.42. The second-order valence-corrected chi connectivity index (χ2v) is 6.33. The van der Waals surface area contributed by atoms with Crippen LogP contribution in [0.1, 0.15) is 86.5 Å². The molecule has 0 spiro atoms. The molecule has 0 saturated heterocycles. The molecule has 0 N–H and O–H groups in total. The number of rotatable bonds is 8. The highest BCUT2D eigenvalue weighted by Gasteiger charge is 2.35. The van der Waals surface area contributed by atoms with Crippen molar-refractivity contribution < 1.29 is 0 Å². The first-order valence-electron chi connectivity index (χ1n) is 6.87. The summed E-state index contributed by atoms with van der Waals surface area (Å²) in [5.74, 6) is 0. The zero-order chi connectivity index (χ0) is 11.9. The summed E-state index contributed by atoms with van der Waals surface area (Å²) >= 11 is 0. The maximum Gasteiger partial charge on any atom is -0.0303 e. The predicted octanol–water partition coefficient (Wildman–Crippen LogP) is 5.81. The Morgan fingerprint density at radius 3 is 1.40 bits per heavy atom. The molecule has 0 radical (unpaired) electrons. The van der Waals surface area contributed by atoms with Crippen molar-refractivity contribution in [2.24, 2.45) is 10.8 Å². The van der Waals surface area contributed by atoms with Gasteiger partial charge in [-0.15, -0.1) is 0 Å². The van der Waals surface area contributed by atoms with Gasteiger partial charge in [0.15, 0.2) is 0 Å². The van der Waals surface area contributed by atoms with Crippen LogP contribution in [0, 0.1) is 10.8 Å². The molecule has 0 aromatic carbocycles. The number of hydrogen-bond acceptors (Lipinski definition) is 0. The molecule has 0 heterocycles. The summed E-state index contributed by atoms with van der Waals surface area (Å²) in [5, 5.41) is 0. The molecule has 15 heavy (non-hydrogen) atoms. The molecule has 0 aliphatic rings. The molecule has 0 amide bonds. The van der Waals surface area contributed by atoms with Gasteiger partial charge in [0.05, 0.1) is 0 Å². The summed E-state index contributed by atoms with van der Waals surface area (Å²) < 4.78 is 0. The van der Waals surface area contributed by atoms with E-state index in [4.69, 9.17) is 0 Å². The van der Waals surface area contributed by atoms with Gasteiger partial charge in [-0.25, -0.2) is 0 Å². The predicted molar refractivity (Wildman–Crippen MR) is 71.2 cm³/mol. The largest absolute Gasteiger partial charge is 0.0654 e. The van der Waals surface area contributed by atoms with Crippen molar-refractivity contribution in [1.82, 2.24) is 0 Å². The molecule has 92 valence electrons. The highest BCUT2D eigenvalue weighted by atomic mass is 14.4. The van der Waals surface area contributed by atoms with Crippen LogP contribution in [-0.4, -0.2) is 0 Å². The summed E-state index contributed by atoms with van der Waals surface area (Å²) in [6, 6.07) is 0. The Kier molecular flexibility index (Phi) is 6.55. The second kappa shape index (κ2) is 6.55. The van der Waals surface area contributed by atoms with Crippen molar-refractivity contribution >= 4 is 0 Å². The summed E-state index contributed by atoms with van der Waals surface area (Å²) in [7, 11) is 0. The average Bonchev–Trinajstić information content (AvgIpc) is 2.15.